The number of hydrogen-bond acceptors (Lipinski definition) is 4. The number of nitrogens with one attached hydrogen (secondary N) is 1. The molecule has 0 atom stereocenters. The quantitative estimate of drug-likeness (QED) is 0.851. The molecule has 0 amide bonds. The minimum atomic E-state index is 0.744. The van der Waals surface area contributed by atoms with E-state index in [-0.39, 0.29) is 0 Å². The van der Waals surface area contributed by atoms with E-state index < -0.39 is 0 Å². The van der Waals surface area contributed by atoms with Gasteiger partial charge in [-0.15, -0.1) is 0 Å². The minimum absolute atomic E-state index is 0.744. The average molecular weight is 355 g/mol. The monoisotopic (exact) mass is 354 g/mol. The van der Waals surface area contributed by atoms with E-state index in [2.05, 4.69) is 38.3 Å². The van der Waals surface area contributed by atoms with E-state index in [0.29, 0.717) is 0 Å². The lowest BCUT2D eigenvalue weighted by atomic mass is 10.1. The van der Waals surface area contributed by atoms with Gasteiger partial charge in [0, 0.05) is 37.2 Å². The zero-order chi connectivity index (χ0) is 14.7. The molecule has 1 saturated heterocycles. The van der Waals surface area contributed by atoms with Crippen LogP contribution in [0, 0.1) is 5.92 Å². The summed E-state index contributed by atoms with van der Waals surface area (Å²) in [6, 6.07) is 4.16. The molecule has 1 heterocycles. The van der Waals surface area contributed by atoms with E-state index in [4.69, 9.17) is 9.47 Å². The third kappa shape index (κ3) is 4.11. The molecular weight excluding hydrogens is 332 g/mol. The topological polar surface area (TPSA) is 33.7 Å². The predicted octanol–water partition coefficient (Wildman–Crippen LogP) is 2.65. The first-order chi connectivity index (χ1) is 10.3. The molecular formula is C16H23BrN2O2. The molecule has 21 heavy (non-hydrogen) atoms. The number of halogens is 1. The maximum absolute atomic E-state index is 5.90. The molecule has 1 aromatic rings. The van der Waals surface area contributed by atoms with Crippen molar-refractivity contribution in [3.63, 3.8) is 0 Å². The van der Waals surface area contributed by atoms with Crippen LogP contribution in [0.3, 0.4) is 0 Å². The van der Waals surface area contributed by atoms with Crippen molar-refractivity contribution in [3.8, 4) is 11.5 Å². The van der Waals surface area contributed by atoms with Gasteiger partial charge in [0.1, 0.15) is 0 Å². The van der Waals surface area contributed by atoms with E-state index in [1.807, 2.05) is 0 Å². The molecule has 1 aliphatic heterocycles. The zero-order valence-corrected chi connectivity index (χ0v) is 14.1. The summed E-state index contributed by atoms with van der Waals surface area (Å²) >= 11 is 3.68. The first kappa shape index (κ1) is 15.1. The molecule has 0 spiro atoms. The van der Waals surface area contributed by atoms with Crippen LogP contribution in [-0.2, 0) is 6.54 Å². The molecule has 5 heteroatoms. The van der Waals surface area contributed by atoms with Crippen molar-refractivity contribution in [1.29, 1.82) is 0 Å². The van der Waals surface area contributed by atoms with Gasteiger partial charge in [-0.2, -0.15) is 0 Å². The molecule has 0 unspecified atom stereocenters. The molecule has 1 saturated carbocycles. The summed E-state index contributed by atoms with van der Waals surface area (Å²) in [7, 11) is 1.71. The lowest BCUT2D eigenvalue weighted by Crippen LogP contribution is -2.42. The lowest BCUT2D eigenvalue weighted by molar-refractivity contribution is 0.232. The number of methoxy groups -OCH3 is 1. The van der Waals surface area contributed by atoms with Gasteiger partial charge in [-0.1, -0.05) is 15.9 Å². The van der Waals surface area contributed by atoms with Gasteiger partial charge >= 0.3 is 0 Å². The summed E-state index contributed by atoms with van der Waals surface area (Å²) in [5.74, 6) is 2.43. The standard InChI is InChI=1S/C16H23BrN2O2/c1-20-15-8-13(10-19-6-4-18-5-7-19)14(17)9-16(15)21-11-12-2-3-12/h8-9,12,18H,2-7,10-11H2,1H3. The smallest absolute Gasteiger partial charge is 0.162 e. The number of rotatable bonds is 6. The summed E-state index contributed by atoms with van der Waals surface area (Å²) in [6.07, 6.45) is 2.59. The van der Waals surface area contributed by atoms with E-state index in [1.54, 1.807) is 7.11 Å². The Morgan fingerprint density at radius 3 is 2.67 bits per heavy atom. The lowest BCUT2D eigenvalue weighted by Gasteiger charge is -2.27. The minimum Gasteiger partial charge on any atom is -0.493 e. The summed E-state index contributed by atoms with van der Waals surface area (Å²) < 4.78 is 12.5. The Morgan fingerprint density at radius 2 is 2.00 bits per heavy atom. The first-order valence-corrected chi connectivity index (χ1v) is 8.48. The van der Waals surface area contributed by atoms with Crippen molar-refractivity contribution < 1.29 is 9.47 Å². The molecule has 1 aliphatic carbocycles. The van der Waals surface area contributed by atoms with Gasteiger partial charge in [0.05, 0.1) is 13.7 Å². The van der Waals surface area contributed by atoms with Crippen LogP contribution in [0.1, 0.15) is 18.4 Å². The third-order valence-electron chi connectivity index (χ3n) is 4.11. The van der Waals surface area contributed by atoms with Crippen molar-refractivity contribution in [3.05, 3.63) is 22.2 Å². The number of benzene rings is 1. The highest BCUT2D eigenvalue weighted by Gasteiger charge is 2.23. The Bertz CT molecular complexity index is 485. The second kappa shape index (κ2) is 6.99. The van der Waals surface area contributed by atoms with Crippen LogP contribution in [-0.4, -0.2) is 44.8 Å². The SMILES string of the molecule is COc1cc(CN2CCNCC2)c(Br)cc1OCC1CC1. The van der Waals surface area contributed by atoms with E-state index in [9.17, 15) is 0 Å². The fraction of sp³-hybridized carbons (Fsp3) is 0.625. The van der Waals surface area contributed by atoms with Crippen LogP contribution in [0.4, 0.5) is 0 Å². The average Bonchev–Trinajstić information content (AvgIpc) is 3.32. The molecule has 0 radical (unpaired) electrons. The van der Waals surface area contributed by atoms with Crippen LogP contribution in [0.25, 0.3) is 0 Å². The van der Waals surface area contributed by atoms with E-state index >= 15 is 0 Å². The number of piperazine rings is 1. The van der Waals surface area contributed by atoms with Gasteiger partial charge < -0.3 is 14.8 Å². The van der Waals surface area contributed by atoms with Gasteiger partial charge in [0.25, 0.3) is 0 Å². The van der Waals surface area contributed by atoms with E-state index in [1.165, 1.54) is 18.4 Å². The van der Waals surface area contributed by atoms with Gasteiger partial charge in [-0.25, -0.2) is 0 Å². The van der Waals surface area contributed by atoms with E-state index in [0.717, 1.165) is 61.2 Å². The highest BCUT2D eigenvalue weighted by Crippen LogP contribution is 2.36. The molecule has 1 N–H and O–H groups in total. The molecule has 2 aliphatic rings. The summed E-state index contributed by atoms with van der Waals surface area (Å²) in [5, 5.41) is 3.38. The normalized spacial score (nSPS) is 19.5. The molecule has 0 bridgehead atoms. The second-order valence-electron chi connectivity index (χ2n) is 5.88. The number of ether oxygens (including phenoxy) is 2. The zero-order valence-electron chi connectivity index (χ0n) is 12.5. The Balaban J connectivity index is 1.70. The summed E-state index contributed by atoms with van der Waals surface area (Å²) in [6.45, 7) is 6.07. The molecule has 3 rings (SSSR count). The third-order valence-corrected chi connectivity index (χ3v) is 4.85. The molecule has 2 fully saturated rings. The van der Waals surface area contributed by atoms with Crippen molar-refractivity contribution in [2.45, 2.75) is 19.4 Å². The largest absolute Gasteiger partial charge is 0.493 e. The molecule has 1 aromatic carbocycles. The second-order valence-corrected chi connectivity index (χ2v) is 6.73. The Morgan fingerprint density at radius 1 is 1.24 bits per heavy atom. The molecule has 116 valence electrons. The van der Waals surface area contributed by atoms with Crippen LogP contribution in [0.15, 0.2) is 16.6 Å². The van der Waals surface area contributed by atoms with Crippen molar-refractivity contribution in [2.24, 2.45) is 5.92 Å². The Kier molecular flexibility index (Phi) is 5.03. The van der Waals surface area contributed by atoms with Crippen LogP contribution >= 0.6 is 15.9 Å². The highest BCUT2D eigenvalue weighted by molar-refractivity contribution is 9.10. The first-order valence-electron chi connectivity index (χ1n) is 7.68. The van der Waals surface area contributed by atoms with Crippen molar-refractivity contribution in [2.75, 3.05) is 39.9 Å². The molecule has 4 nitrogen and oxygen atoms in total. The number of hydrogen-bond donors (Lipinski definition) is 1. The van der Waals surface area contributed by atoms with Gasteiger partial charge in [-0.3, -0.25) is 4.90 Å². The van der Waals surface area contributed by atoms with Crippen LogP contribution < -0.4 is 14.8 Å². The van der Waals surface area contributed by atoms with Crippen LogP contribution in [0.2, 0.25) is 0 Å². The summed E-state index contributed by atoms with van der Waals surface area (Å²) in [4.78, 5) is 2.46. The maximum atomic E-state index is 5.90. The van der Waals surface area contributed by atoms with Crippen LogP contribution in [0.5, 0.6) is 11.5 Å². The Hall–Kier alpha value is -0.780. The van der Waals surface area contributed by atoms with Crippen molar-refractivity contribution in [1.82, 2.24) is 10.2 Å². The highest BCUT2D eigenvalue weighted by atomic mass is 79.9. The predicted molar refractivity (Wildman–Crippen MR) is 87.1 cm³/mol. The summed E-state index contributed by atoms with van der Waals surface area (Å²) in [5.41, 5.74) is 1.26. The number of nitrogens with zero attached hydrogens (tertiary/aromatic N) is 1. The fourth-order valence-electron chi connectivity index (χ4n) is 2.57. The van der Waals surface area contributed by atoms with Crippen molar-refractivity contribution >= 4 is 15.9 Å². The van der Waals surface area contributed by atoms with Gasteiger partial charge in [0.15, 0.2) is 11.5 Å². The fourth-order valence-corrected chi connectivity index (χ4v) is 3.02. The maximum Gasteiger partial charge on any atom is 0.162 e. The van der Waals surface area contributed by atoms with Gasteiger partial charge in [-0.05, 0) is 36.5 Å². The van der Waals surface area contributed by atoms with Gasteiger partial charge in [0.2, 0.25) is 0 Å². The Labute approximate surface area is 134 Å². The molecule has 0 aromatic heterocycles.